The van der Waals surface area contributed by atoms with E-state index in [2.05, 4.69) is 54.9 Å². The third-order valence-corrected chi connectivity index (χ3v) is 3.93. The summed E-state index contributed by atoms with van der Waals surface area (Å²) in [7, 11) is 0. The molecule has 0 aliphatic rings. The van der Waals surface area contributed by atoms with Crippen molar-refractivity contribution in [2.45, 2.75) is 40.5 Å². The Balaban J connectivity index is 2.70. The van der Waals surface area contributed by atoms with Gasteiger partial charge in [-0.15, -0.1) is 0 Å². The molecule has 2 heteroatoms. The predicted octanol–water partition coefficient (Wildman–Crippen LogP) is 4.55. The van der Waals surface area contributed by atoms with Crippen LogP contribution < -0.4 is 0 Å². The third-order valence-electron chi connectivity index (χ3n) is 3.43. The van der Waals surface area contributed by atoms with E-state index in [1.54, 1.807) is 6.92 Å². The molecule has 0 fully saturated rings. The number of hydrogen-bond acceptors (Lipinski definition) is 1. The van der Waals surface area contributed by atoms with Crippen molar-refractivity contribution in [3.05, 3.63) is 33.8 Å². The van der Waals surface area contributed by atoms with Crippen molar-refractivity contribution in [3.63, 3.8) is 0 Å². The molecule has 0 spiro atoms. The summed E-state index contributed by atoms with van der Waals surface area (Å²) in [5.74, 6) is 1.27. The Morgan fingerprint density at radius 1 is 1.29 bits per heavy atom. The molecular weight excluding hydrogens is 276 g/mol. The first-order valence-corrected chi connectivity index (χ1v) is 6.94. The van der Waals surface area contributed by atoms with E-state index in [0.29, 0.717) is 18.3 Å². The molecule has 1 unspecified atom stereocenters. The highest BCUT2D eigenvalue weighted by Gasteiger charge is 2.15. The number of ketones is 1. The maximum Gasteiger partial charge on any atom is 0.130 e. The molecule has 0 saturated carbocycles. The third kappa shape index (κ3) is 4.63. The van der Waals surface area contributed by atoms with Gasteiger partial charge in [0.2, 0.25) is 0 Å². The number of aryl methyl sites for hydroxylation is 1. The molecule has 1 aromatic carbocycles. The smallest absolute Gasteiger partial charge is 0.130 e. The SMILES string of the molecule is CC(=O)C[C@@H](C)C(C)Cc1cc(Br)ccc1C. The van der Waals surface area contributed by atoms with E-state index in [1.165, 1.54) is 11.1 Å². The van der Waals surface area contributed by atoms with Gasteiger partial charge in [-0.05, 0) is 55.4 Å². The second kappa shape index (κ2) is 6.34. The fourth-order valence-corrected chi connectivity index (χ4v) is 2.47. The Hall–Kier alpha value is -0.630. The van der Waals surface area contributed by atoms with Gasteiger partial charge >= 0.3 is 0 Å². The number of rotatable bonds is 5. The average Bonchev–Trinajstić information content (AvgIpc) is 2.22. The molecule has 1 rings (SSSR count). The van der Waals surface area contributed by atoms with Gasteiger partial charge in [-0.1, -0.05) is 35.8 Å². The Labute approximate surface area is 113 Å². The molecule has 17 heavy (non-hydrogen) atoms. The summed E-state index contributed by atoms with van der Waals surface area (Å²) in [4.78, 5) is 11.1. The van der Waals surface area contributed by atoms with Crippen LogP contribution in [0.15, 0.2) is 22.7 Å². The molecule has 0 saturated heterocycles. The number of Topliss-reactive ketones (excluding diaryl/α,β-unsaturated/α-hetero) is 1. The fourth-order valence-electron chi connectivity index (χ4n) is 2.06. The molecule has 0 bridgehead atoms. The summed E-state index contributed by atoms with van der Waals surface area (Å²) in [5.41, 5.74) is 2.71. The van der Waals surface area contributed by atoms with Crippen LogP contribution in [0.1, 0.15) is 38.3 Å². The van der Waals surface area contributed by atoms with Gasteiger partial charge in [-0.3, -0.25) is 0 Å². The quantitative estimate of drug-likeness (QED) is 0.779. The average molecular weight is 297 g/mol. The molecule has 94 valence electrons. The Morgan fingerprint density at radius 3 is 2.53 bits per heavy atom. The van der Waals surface area contributed by atoms with Crippen molar-refractivity contribution in [1.29, 1.82) is 0 Å². The number of hydrogen-bond donors (Lipinski definition) is 0. The number of carbonyl (C=O) groups excluding carboxylic acids is 1. The molecule has 0 heterocycles. The lowest BCUT2D eigenvalue weighted by Crippen LogP contribution is -2.14. The second-order valence-electron chi connectivity index (χ2n) is 5.14. The van der Waals surface area contributed by atoms with Crippen LogP contribution in [0, 0.1) is 18.8 Å². The van der Waals surface area contributed by atoms with Gasteiger partial charge in [0.05, 0.1) is 0 Å². The summed E-state index contributed by atoms with van der Waals surface area (Å²) in [5, 5.41) is 0. The van der Waals surface area contributed by atoms with Crippen LogP contribution in [-0.2, 0) is 11.2 Å². The first-order valence-electron chi connectivity index (χ1n) is 6.14. The van der Waals surface area contributed by atoms with Crippen molar-refractivity contribution >= 4 is 21.7 Å². The van der Waals surface area contributed by atoms with Crippen LogP contribution in [-0.4, -0.2) is 5.78 Å². The highest BCUT2D eigenvalue weighted by atomic mass is 79.9. The molecule has 1 aromatic rings. The van der Waals surface area contributed by atoms with Crippen LogP contribution in [0.25, 0.3) is 0 Å². The minimum absolute atomic E-state index is 0.287. The first kappa shape index (κ1) is 14.4. The molecule has 2 atom stereocenters. The molecule has 0 aliphatic heterocycles. The summed E-state index contributed by atoms with van der Waals surface area (Å²) < 4.78 is 1.13. The lowest BCUT2D eigenvalue weighted by atomic mass is 9.85. The monoisotopic (exact) mass is 296 g/mol. The fraction of sp³-hybridized carbons (Fsp3) is 0.533. The maximum atomic E-state index is 11.1. The largest absolute Gasteiger partial charge is 0.300 e. The van der Waals surface area contributed by atoms with Gasteiger partial charge in [0, 0.05) is 10.9 Å². The van der Waals surface area contributed by atoms with Crippen molar-refractivity contribution in [1.82, 2.24) is 0 Å². The molecule has 0 aliphatic carbocycles. The highest BCUT2D eigenvalue weighted by Crippen LogP contribution is 2.24. The van der Waals surface area contributed by atoms with Gasteiger partial charge in [-0.25, -0.2) is 0 Å². The van der Waals surface area contributed by atoms with Crippen LogP contribution in [0.5, 0.6) is 0 Å². The standard InChI is InChI=1S/C15H21BrO/c1-10-5-6-15(16)9-14(10)8-12(3)11(2)7-13(4)17/h5-6,9,11-12H,7-8H2,1-4H3/t11-,12?/m1/s1. The molecule has 0 amide bonds. The zero-order chi connectivity index (χ0) is 13.0. The van der Waals surface area contributed by atoms with Crippen molar-refractivity contribution < 1.29 is 4.79 Å². The molecular formula is C15H21BrO. The van der Waals surface area contributed by atoms with Crippen molar-refractivity contribution in [3.8, 4) is 0 Å². The van der Waals surface area contributed by atoms with E-state index in [4.69, 9.17) is 0 Å². The molecule has 0 radical (unpaired) electrons. The number of halogens is 1. The van der Waals surface area contributed by atoms with Gasteiger partial charge in [0.1, 0.15) is 5.78 Å². The summed E-state index contributed by atoms with van der Waals surface area (Å²) >= 11 is 3.51. The maximum absolute atomic E-state index is 11.1. The summed E-state index contributed by atoms with van der Waals surface area (Å²) in [6.45, 7) is 8.21. The summed E-state index contributed by atoms with van der Waals surface area (Å²) in [6, 6.07) is 6.40. The van der Waals surface area contributed by atoms with Gasteiger partial charge in [0.15, 0.2) is 0 Å². The molecule has 0 aromatic heterocycles. The van der Waals surface area contributed by atoms with E-state index in [9.17, 15) is 4.79 Å². The second-order valence-corrected chi connectivity index (χ2v) is 6.05. The number of benzene rings is 1. The topological polar surface area (TPSA) is 17.1 Å². The van der Waals surface area contributed by atoms with Crippen LogP contribution in [0.2, 0.25) is 0 Å². The zero-order valence-electron chi connectivity index (χ0n) is 11.1. The Kier molecular flexibility index (Phi) is 5.38. The predicted molar refractivity (Wildman–Crippen MR) is 76.2 cm³/mol. The zero-order valence-corrected chi connectivity index (χ0v) is 12.7. The van der Waals surface area contributed by atoms with Crippen molar-refractivity contribution in [2.75, 3.05) is 0 Å². The van der Waals surface area contributed by atoms with Gasteiger partial charge < -0.3 is 4.79 Å². The molecule has 0 N–H and O–H groups in total. The van der Waals surface area contributed by atoms with E-state index >= 15 is 0 Å². The molecule has 1 nitrogen and oxygen atoms in total. The lowest BCUT2D eigenvalue weighted by molar-refractivity contribution is -0.118. The van der Waals surface area contributed by atoms with Gasteiger partial charge in [0.25, 0.3) is 0 Å². The van der Waals surface area contributed by atoms with E-state index in [-0.39, 0.29) is 5.78 Å². The lowest BCUT2D eigenvalue weighted by Gasteiger charge is -2.20. The minimum atomic E-state index is 0.287. The minimum Gasteiger partial charge on any atom is -0.300 e. The highest BCUT2D eigenvalue weighted by molar-refractivity contribution is 9.10. The van der Waals surface area contributed by atoms with Crippen LogP contribution in [0.4, 0.5) is 0 Å². The van der Waals surface area contributed by atoms with E-state index in [0.717, 1.165) is 10.9 Å². The number of carbonyl (C=O) groups is 1. The Bertz CT molecular complexity index is 398. The van der Waals surface area contributed by atoms with Crippen LogP contribution in [0.3, 0.4) is 0 Å². The summed E-state index contributed by atoms with van der Waals surface area (Å²) in [6.07, 6.45) is 1.73. The van der Waals surface area contributed by atoms with Crippen LogP contribution >= 0.6 is 15.9 Å². The van der Waals surface area contributed by atoms with Crippen molar-refractivity contribution in [2.24, 2.45) is 11.8 Å². The van der Waals surface area contributed by atoms with Gasteiger partial charge in [-0.2, -0.15) is 0 Å². The first-order chi connectivity index (χ1) is 7.90. The normalized spacial score (nSPS) is 14.4. The van der Waals surface area contributed by atoms with E-state index < -0.39 is 0 Å². The Morgan fingerprint density at radius 2 is 1.94 bits per heavy atom. The van der Waals surface area contributed by atoms with E-state index in [1.807, 2.05) is 0 Å².